The highest BCUT2D eigenvalue weighted by Crippen LogP contribution is 2.27. The molecule has 0 bridgehead atoms. The highest BCUT2D eigenvalue weighted by atomic mass is 16.5. The van der Waals surface area contributed by atoms with E-state index in [1.807, 2.05) is 34.6 Å². The Kier molecular flexibility index (Phi) is 16.4. The van der Waals surface area contributed by atoms with E-state index >= 15 is 0 Å². The van der Waals surface area contributed by atoms with E-state index in [0.29, 0.717) is 39.5 Å². The topological polar surface area (TPSA) is 135 Å². The maximum atomic E-state index is 13.3. The van der Waals surface area contributed by atoms with Crippen LogP contribution >= 0.6 is 0 Å². The van der Waals surface area contributed by atoms with Gasteiger partial charge in [-0.1, -0.05) is 40.7 Å². The molecule has 4 N–H and O–H groups in total. The zero-order chi connectivity index (χ0) is 26.1. The maximum Gasteiger partial charge on any atom is 0.247 e. The van der Waals surface area contributed by atoms with E-state index in [0.717, 1.165) is 0 Å². The normalized spacial score (nSPS) is 14.2. The molecule has 3 atom stereocenters. The van der Waals surface area contributed by atoms with Crippen molar-refractivity contribution in [2.24, 2.45) is 23.2 Å². The van der Waals surface area contributed by atoms with Crippen LogP contribution in [0.2, 0.25) is 0 Å². The summed E-state index contributed by atoms with van der Waals surface area (Å²) < 4.78 is 15.6. The molecule has 1 unspecified atom stereocenters. The first-order chi connectivity index (χ1) is 16.0. The number of nitrogens with one attached hydrogen (secondary N) is 3. The van der Waals surface area contributed by atoms with E-state index in [1.165, 1.54) is 6.08 Å². The zero-order valence-corrected chi connectivity index (χ0v) is 21.6. The predicted molar refractivity (Wildman–Crippen MR) is 129 cm³/mol. The second kappa shape index (κ2) is 17.4. The fourth-order valence-electron chi connectivity index (χ4n) is 3.42. The SMILES string of the molecule is C=CC[C@H](C(=O)NO)C(CC(C)C)C(=O)N[C@H](C(=O)NCCOCCOCCOC)C(C)(C)C. The van der Waals surface area contributed by atoms with Crippen molar-refractivity contribution in [1.29, 1.82) is 0 Å². The third-order valence-corrected chi connectivity index (χ3v) is 5.18. The molecule has 10 nitrogen and oxygen atoms in total. The van der Waals surface area contributed by atoms with Crippen LogP contribution in [-0.2, 0) is 28.6 Å². The van der Waals surface area contributed by atoms with Crippen molar-refractivity contribution in [1.82, 2.24) is 16.1 Å². The summed E-state index contributed by atoms with van der Waals surface area (Å²) in [5, 5.41) is 14.8. The molecule has 0 saturated carbocycles. The van der Waals surface area contributed by atoms with Crippen LogP contribution in [0, 0.1) is 23.2 Å². The Labute approximate surface area is 204 Å². The highest BCUT2D eigenvalue weighted by molar-refractivity contribution is 5.91. The molecule has 0 aromatic heterocycles. The number of hydrogen-bond donors (Lipinski definition) is 4. The number of methoxy groups -OCH3 is 1. The first kappa shape index (κ1) is 32.0. The molecule has 0 heterocycles. The third kappa shape index (κ3) is 13.0. The molecule has 0 aliphatic rings. The summed E-state index contributed by atoms with van der Waals surface area (Å²) in [5.41, 5.74) is 1.07. The monoisotopic (exact) mass is 487 g/mol. The molecule has 0 saturated heterocycles. The average molecular weight is 488 g/mol. The van der Waals surface area contributed by atoms with Gasteiger partial charge in [0.05, 0.1) is 44.9 Å². The first-order valence-corrected chi connectivity index (χ1v) is 11.8. The molecular formula is C24H45N3O7. The number of amides is 3. The molecule has 0 aromatic carbocycles. The third-order valence-electron chi connectivity index (χ3n) is 5.18. The summed E-state index contributed by atoms with van der Waals surface area (Å²) in [5.74, 6) is -2.81. The molecule has 10 heteroatoms. The van der Waals surface area contributed by atoms with Gasteiger partial charge in [-0.2, -0.15) is 0 Å². The van der Waals surface area contributed by atoms with E-state index in [9.17, 15) is 14.4 Å². The van der Waals surface area contributed by atoms with E-state index < -0.39 is 35.1 Å². The van der Waals surface area contributed by atoms with Crippen LogP contribution in [0.5, 0.6) is 0 Å². The molecule has 0 aliphatic heterocycles. The number of hydroxylamine groups is 1. The van der Waals surface area contributed by atoms with Crippen molar-refractivity contribution in [3.05, 3.63) is 12.7 Å². The van der Waals surface area contributed by atoms with Gasteiger partial charge < -0.3 is 24.8 Å². The average Bonchev–Trinajstić information content (AvgIpc) is 2.76. The largest absolute Gasteiger partial charge is 0.382 e. The molecule has 0 rings (SSSR count). The molecule has 0 fully saturated rings. The van der Waals surface area contributed by atoms with Gasteiger partial charge in [0.15, 0.2) is 0 Å². The predicted octanol–water partition coefficient (Wildman–Crippen LogP) is 1.67. The molecule has 0 spiro atoms. The minimum atomic E-state index is -0.825. The van der Waals surface area contributed by atoms with Gasteiger partial charge in [0.1, 0.15) is 6.04 Å². The number of carbonyl (C=O) groups excluding carboxylic acids is 3. The first-order valence-electron chi connectivity index (χ1n) is 11.8. The van der Waals surface area contributed by atoms with Crippen LogP contribution in [0.25, 0.3) is 0 Å². The standard InChI is InChI=1S/C24H45N3O7/c1-8-9-18(22(29)27-31)19(16-17(2)3)21(28)26-20(24(4,5)6)23(30)25-10-11-33-14-15-34-13-12-32-7/h8,17-20,31H,1,9-16H2,2-7H3,(H,25,30)(H,26,28)(H,27,29)/t18-,19?,20+/m0/s1. The van der Waals surface area contributed by atoms with E-state index in [4.69, 9.17) is 19.4 Å². The highest BCUT2D eigenvalue weighted by Gasteiger charge is 2.38. The van der Waals surface area contributed by atoms with Crippen molar-refractivity contribution < 1.29 is 33.8 Å². The summed E-state index contributed by atoms with van der Waals surface area (Å²) in [7, 11) is 1.60. The fourth-order valence-corrected chi connectivity index (χ4v) is 3.42. The van der Waals surface area contributed by atoms with Gasteiger partial charge in [0.2, 0.25) is 17.7 Å². The van der Waals surface area contributed by atoms with Crippen molar-refractivity contribution >= 4 is 17.7 Å². The molecule has 3 amide bonds. The Morgan fingerprint density at radius 1 is 0.941 bits per heavy atom. The number of hydrogen-bond acceptors (Lipinski definition) is 7. The lowest BCUT2D eigenvalue weighted by Crippen LogP contribution is -2.56. The molecule has 198 valence electrons. The van der Waals surface area contributed by atoms with Crippen LogP contribution in [0.15, 0.2) is 12.7 Å². The minimum absolute atomic E-state index is 0.118. The van der Waals surface area contributed by atoms with Crippen LogP contribution in [-0.4, -0.2) is 75.7 Å². The molecule has 34 heavy (non-hydrogen) atoms. The van der Waals surface area contributed by atoms with Crippen molar-refractivity contribution in [3.8, 4) is 0 Å². The summed E-state index contributed by atoms with van der Waals surface area (Å²) in [6.07, 6.45) is 2.17. The minimum Gasteiger partial charge on any atom is -0.382 e. The van der Waals surface area contributed by atoms with Gasteiger partial charge in [0, 0.05) is 13.7 Å². The smallest absolute Gasteiger partial charge is 0.247 e. The second-order valence-electron chi connectivity index (χ2n) is 9.66. The summed E-state index contributed by atoms with van der Waals surface area (Å²) >= 11 is 0. The quantitative estimate of drug-likeness (QED) is 0.0999. The lowest BCUT2D eigenvalue weighted by Gasteiger charge is -2.33. The van der Waals surface area contributed by atoms with Crippen molar-refractivity contribution in [2.45, 2.75) is 53.5 Å². The van der Waals surface area contributed by atoms with Crippen LogP contribution in [0.1, 0.15) is 47.5 Å². The van der Waals surface area contributed by atoms with Crippen LogP contribution < -0.4 is 16.1 Å². The molecule has 0 aliphatic carbocycles. The van der Waals surface area contributed by atoms with Gasteiger partial charge in [-0.3, -0.25) is 19.6 Å². The Morgan fingerprint density at radius 2 is 1.53 bits per heavy atom. The Morgan fingerprint density at radius 3 is 2.03 bits per heavy atom. The van der Waals surface area contributed by atoms with E-state index in [1.54, 1.807) is 12.6 Å². The summed E-state index contributed by atoms with van der Waals surface area (Å²) in [6, 6.07) is -0.825. The molecular weight excluding hydrogens is 442 g/mol. The Balaban J connectivity index is 5.07. The Hall–Kier alpha value is -2.01. The summed E-state index contributed by atoms with van der Waals surface area (Å²) in [6.45, 7) is 15.5. The second-order valence-corrected chi connectivity index (χ2v) is 9.66. The van der Waals surface area contributed by atoms with E-state index in [-0.39, 0.29) is 24.8 Å². The van der Waals surface area contributed by atoms with Gasteiger partial charge in [-0.15, -0.1) is 6.58 Å². The number of ether oxygens (including phenoxy) is 3. The zero-order valence-electron chi connectivity index (χ0n) is 21.6. The maximum absolute atomic E-state index is 13.3. The van der Waals surface area contributed by atoms with Crippen molar-refractivity contribution in [2.75, 3.05) is 46.7 Å². The van der Waals surface area contributed by atoms with Crippen molar-refractivity contribution in [3.63, 3.8) is 0 Å². The summed E-state index contributed by atoms with van der Waals surface area (Å²) in [4.78, 5) is 38.4. The van der Waals surface area contributed by atoms with Crippen LogP contribution in [0.3, 0.4) is 0 Å². The Bertz CT molecular complexity index is 620. The van der Waals surface area contributed by atoms with Crippen LogP contribution in [0.4, 0.5) is 0 Å². The fraction of sp³-hybridized carbons (Fsp3) is 0.792. The number of rotatable bonds is 18. The lowest BCUT2D eigenvalue weighted by atomic mass is 9.80. The molecule has 0 radical (unpaired) electrons. The molecule has 0 aromatic rings. The van der Waals surface area contributed by atoms with Gasteiger partial charge in [-0.05, 0) is 24.2 Å². The lowest BCUT2D eigenvalue weighted by molar-refractivity contribution is -0.142. The van der Waals surface area contributed by atoms with Gasteiger partial charge in [-0.25, -0.2) is 5.48 Å². The van der Waals surface area contributed by atoms with E-state index in [2.05, 4.69) is 17.2 Å². The van der Waals surface area contributed by atoms with Gasteiger partial charge in [0.25, 0.3) is 0 Å². The van der Waals surface area contributed by atoms with Gasteiger partial charge >= 0.3 is 0 Å². The number of carbonyl (C=O) groups is 3. The number of allylic oxidation sites excluding steroid dienone is 1.